The number of nitrogens with one attached hydrogen (secondary N) is 1. The predicted molar refractivity (Wildman–Crippen MR) is 95.1 cm³/mol. The number of aromatic nitrogens is 2. The number of carbonyl (C=O) groups is 1. The van der Waals surface area contributed by atoms with Gasteiger partial charge in [0.15, 0.2) is 17.4 Å². The van der Waals surface area contributed by atoms with Crippen LogP contribution in [0.2, 0.25) is 0 Å². The molecule has 0 radical (unpaired) electrons. The molecule has 1 saturated heterocycles. The van der Waals surface area contributed by atoms with E-state index in [1.54, 1.807) is 18.2 Å². The number of imidazole rings is 1. The molecular formula is C19H15F4N3O3. The van der Waals surface area contributed by atoms with Gasteiger partial charge in [-0.2, -0.15) is 0 Å². The third kappa shape index (κ3) is 3.69. The first kappa shape index (κ1) is 19.0. The first-order chi connectivity index (χ1) is 13.9. The van der Waals surface area contributed by atoms with Crippen molar-refractivity contribution in [3.05, 3.63) is 53.9 Å². The van der Waals surface area contributed by atoms with Crippen LogP contribution in [0.4, 0.5) is 28.0 Å². The summed E-state index contributed by atoms with van der Waals surface area (Å²) >= 11 is 0. The van der Waals surface area contributed by atoms with Gasteiger partial charge in [0.1, 0.15) is 6.61 Å². The molecule has 1 amide bonds. The number of carbonyl (C=O) groups excluding carboxylic acids is 1. The fourth-order valence-corrected chi connectivity index (χ4v) is 3.19. The van der Waals surface area contributed by atoms with Gasteiger partial charge in [0.05, 0.1) is 35.7 Å². The van der Waals surface area contributed by atoms with Crippen LogP contribution in [0.15, 0.2) is 36.7 Å². The fourth-order valence-electron chi connectivity index (χ4n) is 3.19. The number of rotatable bonds is 6. The lowest BCUT2D eigenvalue weighted by molar-refractivity contribution is 0.111. The summed E-state index contributed by atoms with van der Waals surface area (Å²) < 4.78 is 63.0. The van der Waals surface area contributed by atoms with E-state index in [0.717, 1.165) is 12.1 Å². The van der Waals surface area contributed by atoms with Crippen LogP contribution in [0.1, 0.15) is 18.0 Å². The summed E-state index contributed by atoms with van der Waals surface area (Å²) in [6.45, 7) is -0.628. The van der Waals surface area contributed by atoms with Crippen LogP contribution in [0.3, 0.4) is 0 Å². The molecule has 4 rings (SSSR count). The number of halogens is 4. The molecule has 0 bridgehead atoms. The highest BCUT2D eigenvalue weighted by molar-refractivity contribution is 5.93. The number of fused-ring (bicyclic) bond motifs is 1. The summed E-state index contributed by atoms with van der Waals surface area (Å²) in [4.78, 5) is 20.6. The summed E-state index contributed by atoms with van der Waals surface area (Å²) in [5.74, 6) is -2.82. The maximum absolute atomic E-state index is 14.4. The summed E-state index contributed by atoms with van der Waals surface area (Å²) in [6.07, 6.45) is -2.43. The zero-order valence-electron chi connectivity index (χ0n) is 14.9. The summed E-state index contributed by atoms with van der Waals surface area (Å²) in [5, 5.41) is 0. The van der Waals surface area contributed by atoms with Crippen LogP contribution in [0.5, 0.6) is 5.75 Å². The van der Waals surface area contributed by atoms with E-state index in [1.807, 2.05) is 0 Å². The monoisotopic (exact) mass is 409 g/mol. The standard InChI is InChI=1S/C19H15F4N3O3/c20-12-5-10(6-13(21)18(12)28-4-3-17(22)23)16-8-29-19(27)26(16)11-1-2-14-15(7-11)25-9-24-14/h1-2,5-7,9,16-17H,3-4,8H2,(H,24,25). The molecule has 2 aromatic carbocycles. The van der Waals surface area contributed by atoms with Gasteiger partial charge in [-0.1, -0.05) is 0 Å². The minimum absolute atomic E-state index is 0.107. The number of amides is 1. The van der Waals surface area contributed by atoms with Crippen molar-refractivity contribution in [3.8, 4) is 5.75 Å². The van der Waals surface area contributed by atoms with E-state index >= 15 is 0 Å². The van der Waals surface area contributed by atoms with Crippen molar-refractivity contribution in [2.45, 2.75) is 18.9 Å². The second kappa shape index (κ2) is 7.61. The van der Waals surface area contributed by atoms with Gasteiger partial charge in [0.25, 0.3) is 0 Å². The molecule has 0 aliphatic carbocycles. The van der Waals surface area contributed by atoms with Gasteiger partial charge >= 0.3 is 6.09 Å². The van der Waals surface area contributed by atoms with Crippen molar-refractivity contribution in [1.82, 2.24) is 9.97 Å². The second-order valence-electron chi connectivity index (χ2n) is 6.41. The number of ether oxygens (including phenoxy) is 2. The number of H-pyrrole nitrogens is 1. The van der Waals surface area contributed by atoms with E-state index < -0.39 is 49.0 Å². The van der Waals surface area contributed by atoms with Gasteiger partial charge < -0.3 is 14.5 Å². The Morgan fingerprint density at radius 3 is 2.72 bits per heavy atom. The molecule has 29 heavy (non-hydrogen) atoms. The maximum atomic E-state index is 14.4. The van der Waals surface area contributed by atoms with Crippen molar-refractivity contribution < 1.29 is 31.8 Å². The molecule has 6 nitrogen and oxygen atoms in total. The molecule has 1 aliphatic rings. The van der Waals surface area contributed by atoms with E-state index in [2.05, 4.69) is 9.97 Å². The van der Waals surface area contributed by atoms with E-state index in [4.69, 9.17) is 9.47 Å². The third-order valence-corrected chi connectivity index (χ3v) is 4.54. The average Bonchev–Trinajstić information content (AvgIpc) is 3.29. The van der Waals surface area contributed by atoms with Crippen molar-refractivity contribution in [2.24, 2.45) is 0 Å². The third-order valence-electron chi connectivity index (χ3n) is 4.54. The predicted octanol–water partition coefficient (Wildman–Crippen LogP) is 4.57. The van der Waals surface area contributed by atoms with Crippen molar-refractivity contribution >= 4 is 22.8 Å². The van der Waals surface area contributed by atoms with Crippen LogP contribution >= 0.6 is 0 Å². The fraction of sp³-hybridized carbons (Fsp3) is 0.263. The quantitative estimate of drug-likeness (QED) is 0.606. The minimum atomic E-state index is -2.64. The van der Waals surface area contributed by atoms with Crippen LogP contribution in [-0.2, 0) is 4.74 Å². The van der Waals surface area contributed by atoms with E-state index in [-0.39, 0.29) is 12.2 Å². The molecule has 2 heterocycles. The minimum Gasteiger partial charge on any atom is -0.487 e. The molecule has 152 valence electrons. The largest absolute Gasteiger partial charge is 0.487 e. The van der Waals surface area contributed by atoms with Gasteiger partial charge in [0.2, 0.25) is 6.43 Å². The first-order valence-corrected chi connectivity index (χ1v) is 8.73. The molecular weight excluding hydrogens is 394 g/mol. The van der Waals surface area contributed by atoms with Crippen LogP contribution in [0.25, 0.3) is 11.0 Å². The average molecular weight is 409 g/mol. The Morgan fingerprint density at radius 2 is 2.00 bits per heavy atom. The second-order valence-corrected chi connectivity index (χ2v) is 6.41. The SMILES string of the molecule is O=C1OCC(c2cc(F)c(OCCC(F)F)c(F)c2)N1c1ccc2nc[nH]c2c1. The summed E-state index contributed by atoms with van der Waals surface area (Å²) in [6, 6.07) is 6.27. The van der Waals surface area contributed by atoms with E-state index in [0.29, 0.717) is 16.7 Å². The van der Waals surface area contributed by atoms with E-state index in [9.17, 15) is 22.4 Å². The van der Waals surface area contributed by atoms with Gasteiger partial charge in [-0.05, 0) is 35.9 Å². The Bertz CT molecular complexity index is 1030. The molecule has 1 N–H and O–H groups in total. The smallest absolute Gasteiger partial charge is 0.415 e. The molecule has 10 heteroatoms. The van der Waals surface area contributed by atoms with Crippen molar-refractivity contribution in [3.63, 3.8) is 0 Å². The Kier molecular flexibility index (Phi) is 4.99. The van der Waals surface area contributed by atoms with Crippen molar-refractivity contribution in [1.29, 1.82) is 0 Å². The molecule has 3 aromatic rings. The Balaban J connectivity index is 1.63. The lowest BCUT2D eigenvalue weighted by atomic mass is 10.0. The molecule has 1 fully saturated rings. The highest BCUT2D eigenvalue weighted by Gasteiger charge is 2.36. The maximum Gasteiger partial charge on any atom is 0.415 e. The molecule has 1 atom stereocenters. The summed E-state index contributed by atoms with van der Waals surface area (Å²) in [5.41, 5.74) is 1.99. The number of hydrogen-bond acceptors (Lipinski definition) is 4. The van der Waals surface area contributed by atoms with Crippen LogP contribution in [-0.4, -0.2) is 35.7 Å². The van der Waals surface area contributed by atoms with Crippen LogP contribution in [0, 0.1) is 11.6 Å². The number of cyclic esters (lactones) is 1. The number of benzene rings is 2. The zero-order chi connectivity index (χ0) is 20.5. The normalized spacial score (nSPS) is 16.7. The number of nitrogens with zero attached hydrogens (tertiary/aromatic N) is 2. The van der Waals surface area contributed by atoms with Gasteiger partial charge in [-0.3, -0.25) is 4.90 Å². The Hall–Kier alpha value is -3.30. The lowest BCUT2D eigenvalue weighted by Crippen LogP contribution is -2.27. The first-order valence-electron chi connectivity index (χ1n) is 8.73. The highest BCUT2D eigenvalue weighted by Crippen LogP contribution is 2.36. The molecule has 1 aromatic heterocycles. The van der Waals surface area contributed by atoms with E-state index in [1.165, 1.54) is 11.2 Å². The van der Waals surface area contributed by atoms with Gasteiger partial charge in [0, 0.05) is 6.42 Å². The molecule has 1 unspecified atom stereocenters. The Morgan fingerprint density at radius 1 is 1.24 bits per heavy atom. The van der Waals surface area contributed by atoms with Crippen molar-refractivity contribution in [2.75, 3.05) is 18.1 Å². The topological polar surface area (TPSA) is 67.5 Å². The van der Waals surface area contributed by atoms with Gasteiger partial charge in [-0.15, -0.1) is 0 Å². The number of alkyl halides is 2. The Labute approximate surface area is 162 Å². The number of anilines is 1. The van der Waals surface area contributed by atoms with Crippen LogP contribution < -0.4 is 9.64 Å². The molecule has 0 spiro atoms. The summed E-state index contributed by atoms with van der Waals surface area (Å²) in [7, 11) is 0. The highest BCUT2D eigenvalue weighted by atomic mass is 19.3. The molecule has 1 aliphatic heterocycles. The number of aromatic amines is 1. The van der Waals surface area contributed by atoms with Gasteiger partial charge in [-0.25, -0.2) is 27.3 Å². The number of hydrogen-bond donors (Lipinski definition) is 1. The molecule has 0 saturated carbocycles. The zero-order valence-corrected chi connectivity index (χ0v) is 14.9. The lowest BCUT2D eigenvalue weighted by Gasteiger charge is -2.22.